The van der Waals surface area contributed by atoms with E-state index in [1.807, 2.05) is 13.8 Å². The van der Waals surface area contributed by atoms with Gasteiger partial charge in [-0.05, 0) is 55.8 Å². The number of amides is 2. The molecule has 0 aliphatic carbocycles. The SMILES string of the molecule is C=C(NNC(=O)c1ccccc1O)c1ccc(OCC(=O)N(CC)CC)cc1. The van der Waals surface area contributed by atoms with E-state index in [1.165, 1.54) is 12.1 Å². The minimum absolute atomic E-state index is 0.0170. The van der Waals surface area contributed by atoms with E-state index < -0.39 is 5.91 Å². The van der Waals surface area contributed by atoms with Gasteiger partial charge in [0.15, 0.2) is 6.61 Å². The van der Waals surface area contributed by atoms with Gasteiger partial charge < -0.3 is 14.7 Å². The van der Waals surface area contributed by atoms with Gasteiger partial charge in [-0.15, -0.1) is 0 Å². The van der Waals surface area contributed by atoms with E-state index in [1.54, 1.807) is 41.3 Å². The zero-order chi connectivity index (χ0) is 20.5. The van der Waals surface area contributed by atoms with Crippen molar-refractivity contribution in [2.45, 2.75) is 13.8 Å². The largest absolute Gasteiger partial charge is 0.507 e. The third-order valence-electron chi connectivity index (χ3n) is 4.16. The van der Waals surface area contributed by atoms with E-state index in [0.717, 1.165) is 5.56 Å². The average molecular weight is 383 g/mol. The van der Waals surface area contributed by atoms with Crippen molar-refractivity contribution in [2.24, 2.45) is 0 Å². The van der Waals surface area contributed by atoms with Gasteiger partial charge in [-0.2, -0.15) is 0 Å². The Morgan fingerprint density at radius 2 is 1.68 bits per heavy atom. The fourth-order valence-electron chi connectivity index (χ4n) is 2.50. The molecule has 0 aromatic heterocycles. The molecule has 0 spiro atoms. The molecule has 7 heteroatoms. The van der Waals surface area contributed by atoms with Crippen molar-refractivity contribution in [1.29, 1.82) is 0 Å². The number of para-hydroxylation sites is 1. The van der Waals surface area contributed by atoms with Crippen LogP contribution in [-0.2, 0) is 4.79 Å². The molecule has 0 radical (unpaired) electrons. The number of hydrogen-bond acceptors (Lipinski definition) is 5. The Morgan fingerprint density at radius 3 is 2.29 bits per heavy atom. The second-order valence-electron chi connectivity index (χ2n) is 5.95. The zero-order valence-corrected chi connectivity index (χ0v) is 16.1. The summed E-state index contributed by atoms with van der Waals surface area (Å²) in [4.78, 5) is 25.7. The Kier molecular flexibility index (Phi) is 7.45. The van der Waals surface area contributed by atoms with Crippen LogP contribution in [0, 0.1) is 0 Å². The number of ether oxygens (including phenoxy) is 1. The van der Waals surface area contributed by atoms with Crippen LogP contribution in [-0.4, -0.2) is 41.5 Å². The summed E-state index contributed by atoms with van der Waals surface area (Å²) in [6.07, 6.45) is 0. The Hall–Kier alpha value is -3.48. The van der Waals surface area contributed by atoms with Crippen LogP contribution in [0.4, 0.5) is 0 Å². The standard InChI is InChI=1S/C21H25N3O4/c1-4-24(5-2)20(26)14-28-17-12-10-16(11-13-17)15(3)22-23-21(27)18-8-6-7-9-19(18)25/h6-13,22,25H,3-5,14H2,1-2H3,(H,23,27). The number of nitrogens with zero attached hydrogens (tertiary/aromatic N) is 1. The van der Waals surface area contributed by atoms with E-state index in [4.69, 9.17) is 4.74 Å². The van der Waals surface area contributed by atoms with E-state index in [0.29, 0.717) is 24.5 Å². The lowest BCUT2D eigenvalue weighted by atomic mass is 10.2. The number of phenolic OH excluding ortho intramolecular Hbond substituents is 1. The smallest absolute Gasteiger partial charge is 0.273 e. The van der Waals surface area contributed by atoms with Crippen LogP contribution < -0.4 is 15.6 Å². The van der Waals surface area contributed by atoms with Gasteiger partial charge in [0.25, 0.3) is 11.8 Å². The van der Waals surface area contributed by atoms with Gasteiger partial charge in [-0.25, -0.2) is 0 Å². The Labute approximate surface area is 164 Å². The van der Waals surface area contributed by atoms with Crippen LogP contribution in [0.15, 0.2) is 55.1 Å². The lowest BCUT2D eigenvalue weighted by Crippen LogP contribution is -2.35. The molecule has 0 aliphatic rings. The van der Waals surface area contributed by atoms with Crippen LogP contribution >= 0.6 is 0 Å². The van der Waals surface area contributed by atoms with Crippen molar-refractivity contribution in [1.82, 2.24) is 15.8 Å². The third-order valence-corrected chi connectivity index (χ3v) is 4.16. The number of carbonyl (C=O) groups excluding carboxylic acids is 2. The van der Waals surface area contributed by atoms with Gasteiger partial charge >= 0.3 is 0 Å². The minimum Gasteiger partial charge on any atom is -0.507 e. The first-order valence-corrected chi connectivity index (χ1v) is 9.00. The first-order chi connectivity index (χ1) is 13.5. The lowest BCUT2D eigenvalue weighted by molar-refractivity contribution is -0.132. The van der Waals surface area contributed by atoms with Gasteiger partial charge in [0.05, 0.1) is 11.3 Å². The van der Waals surface area contributed by atoms with Crippen molar-refractivity contribution >= 4 is 17.5 Å². The maximum absolute atomic E-state index is 12.1. The number of carbonyl (C=O) groups is 2. The quantitative estimate of drug-likeness (QED) is 0.579. The summed E-state index contributed by atoms with van der Waals surface area (Å²) in [6.45, 7) is 9.00. The number of hydrogen-bond donors (Lipinski definition) is 3. The number of rotatable bonds is 9. The van der Waals surface area contributed by atoms with Crippen LogP contribution in [0.2, 0.25) is 0 Å². The molecule has 28 heavy (non-hydrogen) atoms. The highest BCUT2D eigenvalue weighted by Crippen LogP contribution is 2.17. The topological polar surface area (TPSA) is 90.9 Å². The molecular weight excluding hydrogens is 358 g/mol. The van der Waals surface area contributed by atoms with Crippen LogP contribution in [0.25, 0.3) is 5.70 Å². The highest BCUT2D eigenvalue weighted by molar-refractivity contribution is 5.96. The molecule has 0 fully saturated rings. The molecule has 0 atom stereocenters. The number of nitrogens with one attached hydrogen (secondary N) is 2. The summed E-state index contributed by atoms with van der Waals surface area (Å²) in [7, 11) is 0. The Balaban J connectivity index is 1.87. The maximum atomic E-state index is 12.1. The van der Waals surface area contributed by atoms with Gasteiger partial charge in [-0.3, -0.25) is 20.4 Å². The minimum atomic E-state index is -0.478. The molecule has 3 N–H and O–H groups in total. The number of phenols is 1. The monoisotopic (exact) mass is 383 g/mol. The summed E-state index contributed by atoms with van der Waals surface area (Å²) in [5.41, 5.74) is 6.57. The molecule has 0 aliphatic heterocycles. The number of benzene rings is 2. The van der Waals surface area contributed by atoms with Gasteiger partial charge in [0, 0.05) is 13.1 Å². The normalized spacial score (nSPS) is 10.1. The molecule has 2 aromatic carbocycles. The van der Waals surface area contributed by atoms with Crippen LogP contribution in [0.1, 0.15) is 29.8 Å². The third kappa shape index (κ3) is 5.51. The fourth-order valence-corrected chi connectivity index (χ4v) is 2.50. The van der Waals surface area contributed by atoms with Crippen LogP contribution in [0.5, 0.6) is 11.5 Å². The highest BCUT2D eigenvalue weighted by Gasteiger charge is 2.11. The number of likely N-dealkylation sites (N-methyl/N-ethyl adjacent to an activating group) is 1. The summed E-state index contributed by atoms with van der Waals surface area (Å²) in [6, 6.07) is 13.2. The average Bonchev–Trinajstić information content (AvgIpc) is 2.72. The van der Waals surface area contributed by atoms with Gasteiger partial charge in [0.2, 0.25) is 0 Å². The molecule has 2 amide bonds. The van der Waals surface area contributed by atoms with Crippen molar-refractivity contribution < 1.29 is 19.4 Å². The van der Waals surface area contributed by atoms with E-state index in [-0.39, 0.29) is 23.8 Å². The van der Waals surface area contributed by atoms with Crippen molar-refractivity contribution in [3.63, 3.8) is 0 Å². The molecule has 0 saturated carbocycles. The number of hydrazine groups is 1. The molecule has 2 rings (SSSR count). The molecule has 2 aromatic rings. The van der Waals surface area contributed by atoms with Gasteiger partial charge in [0.1, 0.15) is 11.5 Å². The molecule has 7 nitrogen and oxygen atoms in total. The first kappa shape index (κ1) is 20.8. The first-order valence-electron chi connectivity index (χ1n) is 9.00. The second-order valence-corrected chi connectivity index (χ2v) is 5.95. The van der Waals surface area contributed by atoms with Crippen molar-refractivity contribution in [3.8, 4) is 11.5 Å². The summed E-state index contributed by atoms with van der Waals surface area (Å²) >= 11 is 0. The summed E-state index contributed by atoms with van der Waals surface area (Å²) in [5, 5.41) is 9.70. The number of aromatic hydroxyl groups is 1. The van der Waals surface area contributed by atoms with E-state index >= 15 is 0 Å². The molecule has 0 saturated heterocycles. The van der Waals surface area contributed by atoms with Crippen LogP contribution in [0.3, 0.4) is 0 Å². The molecule has 0 bridgehead atoms. The van der Waals surface area contributed by atoms with Crippen molar-refractivity contribution in [2.75, 3.05) is 19.7 Å². The Morgan fingerprint density at radius 1 is 1.04 bits per heavy atom. The van der Waals surface area contributed by atoms with E-state index in [2.05, 4.69) is 17.4 Å². The second kappa shape index (κ2) is 10.0. The molecule has 0 heterocycles. The highest BCUT2D eigenvalue weighted by atomic mass is 16.5. The molecule has 0 unspecified atom stereocenters. The lowest BCUT2D eigenvalue weighted by Gasteiger charge is -2.18. The predicted molar refractivity (Wildman–Crippen MR) is 108 cm³/mol. The predicted octanol–water partition coefficient (Wildman–Crippen LogP) is 2.54. The Bertz CT molecular complexity index is 830. The summed E-state index contributed by atoms with van der Waals surface area (Å²) in [5.74, 6) is -0.0791. The van der Waals surface area contributed by atoms with Gasteiger partial charge in [-0.1, -0.05) is 18.7 Å². The molecular formula is C21H25N3O4. The van der Waals surface area contributed by atoms with E-state index in [9.17, 15) is 14.7 Å². The zero-order valence-electron chi connectivity index (χ0n) is 16.1. The fraction of sp³-hybridized carbons (Fsp3) is 0.238. The maximum Gasteiger partial charge on any atom is 0.273 e. The van der Waals surface area contributed by atoms with Crippen molar-refractivity contribution in [3.05, 3.63) is 66.2 Å². The molecule has 148 valence electrons. The summed E-state index contributed by atoms with van der Waals surface area (Å²) < 4.78 is 5.52.